The van der Waals surface area contributed by atoms with E-state index in [0.717, 1.165) is 41.9 Å². The molecule has 0 bridgehead atoms. The molecule has 0 spiro atoms. The first kappa shape index (κ1) is 17.8. The minimum atomic E-state index is -0.308. The third-order valence-electron chi connectivity index (χ3n) is 5.50. The summed E-state index contributed by atoms with van der Waals surface area (Å²) in [5.41, 5.74) is 1.91. The van der Waals surface area contributed by atoms with Crippen LogP contribution in [0.15, 0.2) is 36.5 Å². The minimum Gasteiger partial charge on any atom is -0.474 e. The molecule has 1 N–H and O–H groups in total. The van der Waals surface area contributed by atoms with Crippen molar-refractivity contribution in [3.05, 3.63) is 47.9 Å². The molecule has 1 aliphatic heterocycles. The molecule has 5 rings (SSSR count). The number of halogens is 1. The summed E-state index contributed by atoms with van der Waals surface area (Å²) < 4.78 is 26.5. The highest BCUT2D eigenvalue weighted by atomic mass is 32.1. The molecule has 2 aliphatic rings. The van der Waals surface area contributed by atoms with Crippen LogP contribution < -0.4 is 10.1 Å². The highest BCUT2D eigenvalue weighted by Gasteiger charge is 2.33. The van der Waals surface area contributed by atoms with Crippen molar-refractivity contribution in [3.63, 3.8) is 0 Å². The van der Waals surface area contributed by atoms with Crippen molar-refractivity contribution in [2.24, 2.45) is 0 Å². The topological polar surface area (TPSA) is 56.3 Å². The summed E-state index contributed by atoms with van der Waals surface area (Å²) in [6.45, 7) is 1.41. The number of ether oxygens (including phenoxy) is 2. The van der Waals surface area contributed by atoms with Crippen LogP contribution in [0.2, 0.25) is 0 Å². The molecule has 1 aliphatic carbocycles. The van der Waals surface area contributed by atoms with Gasteiger partial charge < -0.3 is 14.8 Å². The van der Waals surface area contributed by atoms with E-state index in [4.69, 9.17) is 9.47 Å². The first-order valence-corrected chi connectivity index (χ1v) is 10.6. The van der Waals surface area contributed by atoms with Gasteiger partial charge >= 0.3 is 0 Å². The van der Waals surface area contributed by atoms with Crippen LogP contribution in [0.4, 0.5) is 9.52 Å². The Bertz CT molecular complexity index is 934. The SMILES string of the molecule is Fc1cnc(OC2CC(Nc3nc4ccccc4s3)C2)c(C2CCOCC2)c1. The van der Waals surface area contributed by atoms with Gasteiger partial charge in [-0.05, 0) is 37.0 Å². The van der Waals surface area contributed by atoms with Crippen molar-refractivity contribution in [1.82, 2.24) is 9.97 Å². The molecule has 0 amide bonds. The number of anilines is 1. The first-order valence-electron chi connectivity index (χ1n) is 9.76. The van der Waals surface area contributed by atoms with Crippen LogP contribution in [-0.2, 0) is 4.74 Å². The average Bonchev–Trinajstić information content (AvgIpc) is 3.10. The Hall–Kier alpha value is -2.25. The van der Waals surface area contributed by atoms with Crippen LogP contribution in [0.1, 0.15) is 37.2 Å². The average molecular weight is 399 g/mol. The third-order valence-corrected chi connectivity index (χ3v) is 6.47. The maximum Gasteiger partial charge on any atom is 0.217 e. The lowest BCUT2D eigenvalue weighted by Crippen LogP contribution is -2.42. The molecule has 1 aromatic carbocycles. The quantitative estimate of drug-likeness (QED) is 0.671. The molecule has 0 unspecified atom stereocenters. The van der Waals surface area contributed by atoms with Crippen LogP contribution >= 0.6 is 11.3 Å². The summed E-state index contributed by atoms with van der Waals surface area (Å²) in [6.07, 6.45) is 4.89. The van der Waals surface area contributed by atoms with Crippen molar-refractivity contribution < 1.29 is 13.9 Å². The van der Waals surface area contributed by atoms with Gasteiger partial charge in [0.2, 0.25) is 5.88 Å². The van der Waals surface area contributed by atoms with E-state index in [1.165, 1.54) is 10.9 Å². The Labute approximate surface area is 166 Å². The van der Waals surface area contributed by atoms with E-state index < -0.39 is 0 Å². The zero-order valence-corrected chi connectivity index (χ0v) is 16.3. The van der Waals surface area contributed by atoms with Gasteiger partial charge in [-0.25, -0.2) is 14.4 Å². The van der Waals surface area contributed by atoms with Crippen LogP contribution in [0.25, 0.3) is 10.2 Å². The van der Waals surface area contributed by atoms with E-state index in [1.54, 1.807) is 17.4 Å². The largest absolute Gasteiger partial charge is 0.474 e. The predicted molar refractivity (Wildman–Crippen MR) is 108 cm³/mol. The van der Waals surface area contributed by atoms with Gasteiger partial charge in [0.25, 0.3) is 0 Å². The van der Waals surface area contributed by atoms with E-state index >= 15 is 0 Å². The molecule has 5 nitrogen and oxygen atoms in total. The van der Waals surface area contributed by atoms with Gasteiger partial charge in [0, 0.05) is 37.7 Å². The molecular weight excluding hydrogens is 377 g/mol. The fourth-order valence-electron chi connectivity index (χ4n) is 3.89. The number of hydrogen-bond donors (Lipinski definition) is 1. The molecule has 1 saturated carbocycles. The van der Waals surface area contributed by atoms with Crippen molar-refractivity contribution >= 4 is 26.7 Å². The van der Waals surface area contributed by atoms with Gasteiger partial charge in [0.1, 0.15) is 11.9 Å². The zero-order valence-electron chi connectivity index (χ0n) is 15.4. The lowest BCUT2D eigenvalue weighted by Gasteiger charge is -2.36. The lowest BCUT2D eigenvalue weighted by atomic mass is 9.89. The number of nitrogens with one attached hydrogen (secondary N) is 1. The molecule has 146 valence electrons. The van der Waals surface area contributed by atoms with Crippen LogP contribution in [0.3, 0.4) is 0 Å². The second-order valence-electron chi connectivity index (χ2n) is 7.47. The smallest absolute Gasteiger partial charge is 0.217 e. The van der Waals surface area contributed by atoms with Gasteiger partial charge in [0.05, 0.1) is 16.4 Å². The van der Waals surface area contributed by atoms with Gasteiger partial charge in [-0.1, -0.05) is 23.5 Å². The Morgan fingerprint density at radius 2 is 2.00 bits per heavy atom. The lowest BCUT2D eigenvalue weighted by molar-refractivity contribution is 0.0792. The summed E-state index contributed by atoms with van der Waals surface area (Å²) in [7, 11) is 0. The van der Waals surface area contributed by atoms with Crippen LogP contribution in [0.5, 0.6) is 5.88 Å². The summed E-state index contributed by atoms with van der Waals surface area (Å²) in [4.78, 5) is 8.87. The van der Waals surface area contributed by atoms with Crippen LogP contribution in [0, 0.1) is 5.82 Å². The van der Waals surface area contributed by atoms with E-state index in [2.05, 4.69) is 21.4 Å². The highest BCUT2D eigenvalue weighted by molar-refractivity contribution is 7.22. The standard InChI is InChI=1S/C21H22FN3O2S/c22-14-9-17(13-5-7-26-8-6-13)20(23-12-14)27-16-10-15(11-16)24-21-25-18-3-1-2-4-19(18)28-21/h1-4,9,12-13,15-16H,5-8,10-11H2,(H,24,25). The normalized spacial score (nSPS) is 22.8. The molecular formula is C21H22FN3O2S. The molecule has 3 aromatic rings. The van der Waals surface area contributed by atoms with Crippen molar-refractivity contribution in [2.75, 3.05) is 18.5 Å². The number of aromatic nitrogens is 2. The highest BCUT2D eigenvalue weighted by Crippen LogP contribution is 2.36. The molecule has 2 fully saturated rings. The number of thiazole rings is 1. The first-order chi connectivity index (χ1) is 13.7. The Morgan fingerprint density at radius 1 is 1.18 bits per heavy atom. The fourth-order valence-corrected chi connectivity index (χ4v) is 4.83. The second kappa shape index (κ2) is 7.64. The number of pyridine rings is 1. The van der Waals surface area contributed by atoms with Crippen LogP contribution in [-0.4, -0.2) is 35.3 Å². The molecule has 1 saturated heterocycles. The molecule has 2 aromatic heterocycles. The predicted octanol–water partition coefficient (Wildman–Crippen LogP) is 4.75. The molecule has 0 atom stereocenters. The fraction of sp³-hybridized carbons (Fsp3) is 0.429. The van der Waals surface area contributed by atoms with Crippen molar-refractivity contribution in [3.8, 4) is 5.88 Å². The number of fused-ring (bicyclic) bond motifs is 1. The second-order valence-corrected chi connectivity index (χ2v) is 8.50. The molecule has 3 heterocycles. The maximum absolute atomic E-state index is 13.8. The number of para-hydroxylation sites is 1. The van der Waals surface area contributed by atoms with Gasteiger partial charge in [-0.2, -0.15) is 0 Å². The van der Waals surface area contributed by atoms with Crippen molar-refractivity contribution in [2.45, 2.75) is 43.7 Å². The number of nitrogens with zero attached hydrogens (tertiary/aromatic N) is 2. The van der Waals surface area contributed by atoms with E-state index in [1.807, 2.05) is 18.2 Å². The Morgan fingerprint density at radius 3 is 2.82 bits per heavy atom. The molecule has 28 heavy (non-hydrogen) atoms. The minimum absolute atomic E-state index is 0.100. The molecule has 0 radical (unpaired) electrons. The van der Waals surface area contributed by atoms with E-state index in [-0.39, 0.29) is 17.8 Å². The number of benzene rings is 1. The van der Waals surface area contributed by atoms with Gasteiger partial charge in [-0.15, -0.1) is 0 Å². The number of hydrogen-bond acceptors (Lipinski definition) is 6. The maximum atomic E-state index is 13.8. The monoisotopic (exact) mass is 399 g/mol. The summed E-state index contributed by atoms with van der Waals surface area (Å²) in [5, 5.41) is 4.45. The summed E-state index contributed by atoms with van der Waals surface area (Å²) in [6, 6.07) is 10.1. The van der Waals surface area contributed by atoms with E-state index in [9.17, 15) is 4.39 Å². The van der Waals surface area contributed by atoms with Gasteiger partial charge in [0.15, 0.2) is 5.13 Å². The molecule has 7 heteroatoms. The Kier molecular flexibility index (Phi) is 4.86. The number of rotatable bonds is 5. The third kappa shape index (κ3) is 3.69. The Balaban J connectivity index is 1.21. The van der Waals surface area contributed by atoms with Crippen molar-refractivity contribution in [1.29, 1.82) is 0 Å². The summed E-state index contributed by atoms with van der Waals surface area (Å²) in [5.74, 6) is 0.526. The van der Waals surface area contributed by atoms with Gasteiger partial charge in [-0.3, -0.25) is 0 Å². The summed E-state index contributed by atoms with van der Waals surface area (Å²) >= 11 is 1.67. The van der Waals surface area contributed by atoms with E-state index in [0.29, 0.717) is 25.1 Å². The zero-order chi connectivity index (χ0) is 18.9.